The molecule has 0 fully saturated rings. The molecule has 0 heterocycles. The third-order valence-electron chi connectivity index (χ3n) is 0. The number of hydrogen-bond acceptors (Lipinski definition) is 0. The molecule has 0 saturated carbocycles. The second-order valence-electron chi connectivity index (χ2n) is 0. The van der Waals surface area contributed by atoms with Crippen molar-refractivity contribution >= 4 is 11.0 Å². The first-order valence-electron chi connectivity index (χ1n) is 0. The number of rotatable bonds is 0. The topological polar surface area (TPSA) is 0 Å². The minimum absolute atomic E-state index is 0. The van der Waals surface area contributed by atoms with E-state index in [1.165, 1.54) is 0 Å². The van der Waals surface area contributed by atoms with Gasteiger partial charge in [0.2, 0.25) is 0 Å². The van der Waals surface area contributed by atoms with Gasteiger partial charge in [-0.05, 0) is 0 Å². The van der Waals surface area contributed by atoms with Crippen LogP contribution < -0.4 is 0 Å². The first-order chi connectivity index (χ1) is 0. The molecule has 0 aliphatic heterocycles. The smallest absolute Gasteiger partial charge is 0 e. The maximum atomic E-state index is 0. The van der Waals surface area contributed by atoms with Crippen LogP contribution in [-0.2, 0) is 68.0 Å². The van der Waals surface area contributed by atoms with Crippen molar-refractivity contribution in [1.82, 2.24) is 0 Å². The normalized spacial score (nSPS) is 0. The second kappa shape index (κ2) is 33.7. The molecular formula is CrCuFeNiSi. The van der Waals surface area contributed by atoms with Crippen LogP contribution in [-0.4, -0.2) is 11.0 Å². The third kappa shape index (κ3) is 22.1. The Balaban J connectivity index is 0. The van der Waals surface area contributed by atoms with Crippen LogP contribution in [0, 0.1) is 0 Å². The fourth-order valence-corrected chi connectivity index (χ4v) is 0. The summed E-state index contributed by atoms with van der Waals surface area (Å²) >= 11 is 0. The predicted octanol–water partition coefficient (Wildman–Crippen LogP) is -0.391. The molecule has 0 aliphatic rings. The molecule has 0 aromatic heterocycles. The molecule has 0 nitrogen and oxygen atoms in total. The van der Waals surface area contributed by atoms with Gasteiger partial charge in [-0.25, -0.2) is 0 Å². The molecule has 5 heteroatoms. The summed E-state index contributed by atoms with van der Waals surface area (Å²) in [7, 11) is 0. The van der Waals surface area contributed by atoms with E-state index in [0.717, 1.165) is 0 Å². The molecule has 5 heavy (non-hydrogen) atoms. The van der Waals surface area contributed by atoms with Gasteiger partial charge in [-0.15, -0.1) is 0 Å². The van der Waals surface area contributed by atoms with E-state index in [4.69, 9.17) is 0 Å². The molecule has 0 aliphatic carbocycles. The van der Waals surface area contributed by atoms with Crippen LogP contribution >= 0.6 is 0 Å². The average molecular weight is 258 g/mol. The van der Waals surface area contributed by atoms with Crippen molar-refractivity contribution in [3.05, 3.63) is 0 Å². The average Bonchev–Trinajstić information content (AvgIpc) is 0. The van der Waals surface area contributed by atoms with Gasteiger partial charge in [-0.2, -0.15) is 0 Å². The Bertz CT molecular complexity index is 11.6. The van der Waals surface area contributed by atoms with Crippen molar-refractivity contribution in [2.75, 3.05) is 0 Å². The molecule has 0 atom stereocenters. The van der Waals surface area contributed by atoms with E-state index in [1.807, 2.05) is 0 Å². The molecule has 0 N–H and O–H groups in total. The Morgan fingerprint density at radius 3 is 1.00 bits per heavy atom. The Morgan fingerprint density at radius 1 is 1.00 bits per heavy atom. The van der Waals surface area contributed by atoms with Crippen LogP contribution in [0.15, 0.2) is 0 Å². The molecule has 39 valence electrons. The Labute approximate surface area is 78.3 Å². The summed E-state index contributed by atoms with van der Waals surface area (Å²) in [4.78, 5) is 0. The molecule has 0 aromatic rings. The molecule has 0 saturated heterocycles. The zero-order valence-electron chi connectivity index (χ0n) is 1.88. The molecule has 0 amide bonds. The van der Waals surface area contributed by atoms with Crippen LogP contribution in [0.2, 0.25) is 0 Å². The van der Waals surface area contributed by atoms with Crippen LogP contribution in [0.1, 0.15) is 0 Å². The fourth-order valence-electron chi connectivity index (χ4n) is 0. The summed E-state index contributed by atoms with van der Waals surface area (Å²) in [5.74, 6) is 0. The van der Waals surface area contributed by atoms with Gasteiger partial charge in [0.25, 0.3) is 0 Å². The minimum Gasteiger partial charge on any atom is 0 e. The summed E-state index contributed by atoms with van der Waals surface area (Å²) in [6.07, 6.45) is 0. The largest absolute Gasteiger partial charge is 0 e. The molecule has 0 rings (SSSR count). The van der Waals surface area contributed by atoms with Crippen molar-refractivity contribution in [2.45, 2.75) is 0 Å². The van der Waals surface area contributed by atoms with Gasteiger partial charge in [0.05, 0.1) is 0 Å². The van der Waals surface area contributed by atoms with Gasteiger partial charge in [0.1, 0.15) is 0 Å². The minimum atomic E-state index is 0. The van der Waals surface area contributed by atoms with E-state index < -0.39 is 0 Å². The zero-order valence-corrected chi connectivity index (χ0v) is 7.19. The van der Waals surface area contributed by atoms with Gasteiger partial charge in [-0.3, -0.25) is 0 Å². The van der Waals surface area contributed by atoms with E-state index in [9.17, 15) is 0 Å². The maximum absolute atomic E-state index is 0. The van der Waals surface area contributed by atoms with Crippen LogP contribution in [0.5, 0.6) is 0 Å². The third-order valence-corrected chi connectivity index (χ3v) is 0. The van der Waals surface area contributed by atoms with Gasteiger partial charge in [-0.1, -0.05) is 0 Å². The first kappa shape index (κ1) is 55.2. The van der Waals surface area contributed by atoms with Crippen molar-refractivity contribution in [3.63, 3.8) is 0 Å². The van der Waals surface area contributed by atoms with Gasteiger partial charge in [0.15, 0.2) is 0 Å². The summed E-state index contributed by atoms with van der Waals surface area (Å²) in [5, 5.41) is 0. The van der Waals surface area contributed by atoms with E-state index in [1.54, 1.807) is 0 Å². The van der Waals surface area contributed by atoms with Crippen LogP contribution in [0.25, 0.3) is 0 Å². The van der Waals surface area contributed by atoms with Gasteiger partial charge < -0.3 is 0 Å². The maximum Gasteiger partial charge on any atom is 0 e. The Morgan fingerprint density at radius 2 is 1.00 bits per heavy atom. The molecular weight excluding hydrogens is 258 g/mol. The van der Waals surface area contributed by atoms with Crippen molar-refractivity contribution in [3.8, 4) is 0 Å². The Kier molecular flexibility index (Phi) is 372. The van der Waals surface area contributed by atoms with E-state index in [2.05, 4.69) is 0 Å². The number of hydrogen-bond donors (Lipinski definition) is 0. The first-order valence-corrected chi connectivity index (χ1v) is 0. The van der Waals surface area contributed by atoms with Crippen molar-refractivity contribution in [1.29, 1.82) is 0 Å². The van der Waals surface area contributed by atoms with E-state index in [-0.39, 0.29) is 79.0 Å². The quantitative estimate of drug-likeness (QED) is 0.519. The van der Waals surface area contributed by atoms with Crippen molar-refractivity contribution < 1.29 is 68.0 Å². The van der Waals surface area contributed by atoms with Crippen LogP contribution in [0.4, 0.5) is 0 Å². The summed E-state index contributed by atoms with van der Waals surface area (Å²) in [6, 6.07) is 0. The fraction of sp³-hybridized carbons (Fsp3) is 0. The molecule has 0 spiro atoms. The SMILES string of the molecule is [Cr].[Cu].[Fe].[Ni].[Si]. The van der Waals surface area contributed by atoms with Crippen LogP contribution in [0.3, 0.4) is 0 Å². The predicted molar refractivity (Wildman–Crippen MR) is 5.75 cm³/mol. The van der Waals surface area contributed by atoms with Gasteiger partial charge >= 0.3 is 0 Å². The van der Waals surface area contributed by atoms with Crippen molar-refractivity contribution in [2.24, 2.45) is 0 Å². The summed E-state index contributed by atoms with van der Waals surface area (Å²) in [6.45, 7) is 0. The van der Waals surface area contributed by atoms with Gasteiger partial charge in [0, 0.05) is 79.0 Å². The molecule has 5 radical (unpaired) electrons. The molecule has 0 aromatic carbocycles. The Hall–Kier alpha value is 2.28. The zero-order chi connectivity index (χ0) is 0. The standard InChI is InChI=1S/Cr.Cu.Fe.Ni.Si. The monoisotopic (exact) mass is 257 g/mol. The summed E-state index contributed by atoms with van der Waals surface area (Å²) < 4.78 is 0. The molecule has 0 bridgehead atoms. The molecule has 0 unspecified atom stereocenters. The van der Waals surface area contributed by atoms with E-state index in [0.29, 0.717) is 0 Å². The summed E-state index contributed by atoms with van der Waals surface area (Å²) in [5.41, 5.74) is 0. The van der Waals surface area contributed by atoms with E-state index >= 15 is 0 Å². The second-order valence-corrected chi connectivity index (χ2v) is 0.